The summed E-state index contributed by atoms with van der Waals surface area (Å²) in [6.07, 6.45) is 6.62. The van der Waals surface area contributed by atoms with Gasteiger partial charge in [-0.05, 0) is 42.9 Å². The molecule has 0 radical (unpaired) electrons. The van der Waals surface area contributed by atoms with E-state index in [-0.39, 0.29) is 0 Å². The molecule has 0 spiro atoms. The van der Waals surface area contributed by atoms with Crippen molar-refractivity contribution >= 4 is 0 Å². The molecule has 1 fully saturated rings. The fourth-order valence-electron chi connectivity index (χ4n) is 3.60. The monoisotopic (exact) mass is 244 g/mol. The van der Waals surface area contributed by atoms with E-state index in [4.69, 9.17) is 5.73 Å². The normalized spacial score (nSPS) is 30.6. The molecule has 3 unspecified atom stereocenters. The molecule has 1 aromatic carbocycles. The van der Waals surface area contributed by atoms with Crippen molar-refractivity contribution in [1.29, 1.82) is 0 Å². The van der Waals surface area contributed by atoms with Crippen molar-refractivity contribution in [1.82, 2.24) is 5.32 Å². The Morgan fingerprint density at radius 1 is 1.17 bits per heavy atom. The van der Waals surface area contributed by atoms with Gasteiger partial charge in [0.05, 0.1) is 0 Å². The average Bonchev–Trinajstić information content (AvgIpc) is 2.40. The maximum Gasteiger partial charge on any atom is 0.0108 e. The van der Waals surface area contributed by atoms with Gasteiger partial charge >= 0.3 is 0 Å². The molecular weight excluding hydrogens is 220 g/mol. The average molecular weight is 244 g/mol. The quantitative estimate of drug-likeness (QED) is 0.853. The Morgan fingerprint density at radius 2 is 2.00 bits per heavy atom. The molecule has 0 saturated heterocycles. The molecule has 1 aromatic rings. The van der Waals surface area contributed by atoms with E-state index in [0.717, 1.165) is 19.0 Å². The molecule has 0 aromatic heterocycles. The van der Waals surface area contributed by atoms with Crippen LogP contribution in [0.15, 0.2) is 24.3 Å². The fraction of sp³-hybridized carbons (Fsp3) is 0.625. The molecule has 18 heavy (non-hydrogen) atoms. The van der Waals surface area contributed by atoms with Crippen molar-refractivity contribution in [2.75, 3.05) is 13.1 Å². The summed E-state index contributed by atoms with van der Waals surface area (Å²) >= 11 is 0. The molecule has 1 saturated carbocycles. The summed E-state index contributed by atoms with van der Waals surface area (Å²) in [5, 5.41) is 3.79. The lowest BCUT2D eigenvalue weighted by Crippen LogP contribution is -2.44. The van der Waals surface area contributed by atoms with Gasteiger partial charge in [-0.3, -0.25) is 0 Å². The van der Waals surface area contributed by atoms with Crippen molar-refractivity contribution < 1.29 is 0 Å². The highest BCUT2D eigenvalue weighted by Gasteiger charge is 2.28. The van der Waals surface area contributed by atoms with Crippen molar-refractivity contribution in [2.24, 2.45) is 11.7 Å². The van der Waals surface area contributed by atoms with Crippen LogP contribution in [-0.4, -0.2) is 19.1 Å². The Bertz CT molecular complexity index is 402. The van der Waals surface area contributed by atoms with Gasteiger partial charge in [0.15, 0.2) is 0 Å². The second kappa shape index (κ2) is 5.41. The van der Waals surface area contributed by atoms with Gasteiger partial charge < -0.3 is 11.1 Å². The molecular formula is C16H24N2. The number of hydrogen-bond donors (Lipinski definition) is 2. The summed E-state index contributed by atoms with van der Waals surface area (Å²) < 4.78 is 0. The first kappa shape index (κ1) is 12.2. The van der Waals surface area contributed by atoms with Crippen molar-refractivity contribution in [3.05, 3.63) is 35.4 Å². The van der Waals surface area contributed by atoms with Crippen LogP contribution in [0.1, 0.15) is 42.7 Å². The molecule has 2 nitrogen and oxygen atoms in total. The molecule has 2 aliphatic carbocycles. The number of fused-ring (bicyclic) bond motifs is 1. The summed E-state index contributed by atoms with van der Waals surface area (Å²) in [5.41, 5.74) is 8.99. The van der Waals surface area contributed by atoms with Crippen molar-refractivity contribution in [3.8, 4) is 0 Å². The van der Waals surface area contributed by atoms with Crippen LogP contribution in [-0.2, 0) is 6.42 Å². The first-order valence-electron chi connectivity index (χ1n) is 7.39. The Balaban J connectivity index is 1.53. The fourth-order valence-corrected chi connectivity index (χ4v) is 3.60. The predicted octanol–water partition coefficient (Wildman–Crippen LogP) is 2.43. The van der Waals surface area contributed by atoms with Crippen LogP contribution in [0.2, 0.25) is 0 Å². The molecule has 2 aliphatic rings. The lowest BCUT2D eigenvalue weighted by Gasteiger charge is -2.36. The summed E-state index contributed by atoms with van der Waals surface area (Å²) in [7, 11) is 0. The number of rotatable bonds is 4. The number of nitrogens with two attached hydrogens (primary N) is 1. The lowest BCUT2D eigenvalue weighted by atomic mass is 9.77. The Morgan fingerprint density at radius 3 is 2.83 bits per heavy atom. The van der Waals surface area contributed by atoms with Gasteiger partial charge in [0.25, 0.3) is 0 Å². The largest absolute Gasteiger partial charge is 0.330 e. The van der Waals surface area contributed by atoms with E-state index < -0.39 is 0 Å². The minimum absolute atomic E-state index is 0.663. The van der Waals surface area contributed by atoms with Crippen LogP contribution in [0.4, 0.5) is 0 Å². The summed E-state index contributed by atoms with van der Waals surface area (Å²) in [4.78, 5) is 0. The molecule has 3 atom stereocenters. The SMILES string of the molecule is NCC1CCCCC1NCC1Cc2ccccc21. The summed E-state index contributed by atoms with van der Waals surface area (Å²) in [6, 6.07) is 9.51. The lowest BCUT2D eigenvalue weighted by molar-refractivity contribution is 0.262. The molecule has 3 rings (SSSR count). The standard InChI is InChI=1S/C16H24N2/c17-10-13-6-2-4-8-16(13)18-11-14-9-12-5-1-3-7-15(12)14/h1,3,5,7,13-14,16,18H,2,4,6,8-11,17H2. The van der Waals surface area contributed by atoms with Gasteiger partial charge in [0.1, 0.15) is 0 Å². The van der Waals surface area contributed by atoms with Crippen LogP contribution >= 0.6 is 0 Å². The molecule has 2 heteroatoms. The first-order chi connectivity index (χ1) is 8.88. The van der Waals surface area contributed by atoms with E-state index in [2.05, 4.69) is 29.6 Å². The summed E-state index contributed by atoms with van der Waals surface area (Å²) in [6.45, 7) is 1.98. The van der Waals surface area contributed by atoms with Gasteiger partial charge in [0.2, 0.25) is 0 Å². The third-order valence-electron chi connectivity index (χ3n) is 4.80. The zero-order valence-electron chi connectivity index (χ0n) is 11.1. The van der Waals surface area contributed by atoms with Crippen LogP contribution in [0.3, 0.4) is 0 Å². The smallest absolute Gasteiger partial charge is 0.0108 e. The number of hydrogen-bond acceptors (Lipinski definition) is 2. The molecule has 0 bridgehead atoms. The Kier molecular flexibility index (Phi) is 3.67. The van der Waals surface area contributed by atoms with Gasteiger partial charge in [-0.2, -0.15) is 0 Å². The summed E-state index contributed by atoms with van der Waals surface area (Å²) in [5.74, 6) is 1.44. The molecule has 0 amide bonds. The molecule has 3 N–H and O–H groups in total. The highest BCUT2D eigenvalue weighted by atomic mass is 14.9. The predicted molar refractivity (Wildman–Crippen MR) is 75.7 cm³/mol. The van der Waals surface area contributed by atoms with E-state index in [9.17, 15) is 0 Å². The molecule has 98 valence electrons. The molecule has 0 aliphatic heterocycles. The zero-order valence-corrected chi connectivity index (χ0v) is 11.1. The minimum Gasteiger partial charge on any atom is -0.330 e. The number of nitrogens with one attached hydrogen (secondary N) is 1. The van der Waals surface area contributed by atoms with Crippen LogP contribution in [0.5, 0.6) is 0 Å². The van der Waals surface area contributed by atoms with Gasteiger partial charge in [-0.15, -0.1) is 0 Å². The zero-order chi connectivity index (χ0) is 12.4. The second-order valence-electron chi connectivity index (χ2n) is 5.89. The highest BCUT2D eigenvalue weighted by Crippen LogP contribution is 2.34. The van der Waals surface area contributed by atoms with E-state index in [1.807, 2.05) is 0 Å². The van der Waals surface area contributed by atoms with E-state index in [0.29, 0.717) is 12.0 Å². The van der Waals surface area contributed by atoms with Crippen LogP contribution < -0.4 is 11.1 Å². The topological polar surface area (TPSA) is 38.0 Å². The highest BCUT2D eigenvalue weighted by molar-refractivity contribution is 5.40. The van der Waals surface area contributed by atoms with Crippen molar-refractivity contribution in [2.45, 2.75) is 44.1 Å². The third-order valence-corrected chi connectivity index (χ3v) is 4.80. The number of benzene rings is 1. The first-order valence-corrected chi connectivity index (χ1v) is 7.39. The maximum atomic E-state index is 5.88. The Hall–Kier alpha value is -0.860. The van der Waals surface area contributed by atoms with Crippen LogP contribution in [0.25, 0.3) is 0 Å². The Labute approximate surface area is 110 Å². The molecule has 0 heterocycles. The second-order valence-corrected chi connectivity index (χ2v) is 5.89. The van der Waals surface area contributed by atoms with E-state index in [1.165, 1.54) is 32.1 Å². The minimum atomic E-state index is 0.663. The van der Waals surface area contributed by atoms with Gasteiger partial charge in [0, 0.05) is 18.5 Å². The van der Waals surface area contributed by atoms with Gasteiger partial charge in [-0.25, -0.2) is 0 Å². The van der Waals surface area contributed by atoms with E-state index in [1.54, 1.807) is 11.1 Å². The van der Waals surface area contributed by atoms with E-state index >= 15 is 0 Å². The third kappa shape index (κ3) is 2.32. The maximum absolute atomic E-state index is 5.88. The van der Waals surface area contributed by atoms with Crippen LogP contribution in [0, 0.1) is 5.92 Å². The van der Waals surface area contributed by atoms with Gasteiger partial charge in [-0.1, -0.05) is 37.1 Å². The van der Waals surface area contributed by atoms with Crippen molar-refractivity contribution in [3.63, 3.8) is 0 Å².